The van der Waals surface area contributed by atoms with Crippen molar-refractivity contribution in [1.29, 1.82) is 0 Å². The van der Waals surface area contributed by atoms with Gasteiger partial charge >= 0.3 is 0 Å². The number of hydrogen-bond donors (Lipinski definition) is 1. The summed E-state index contributed by atoms with van der Waals surface area (Å²) in [4.78, 5) is 24.0. The van der Waals surface area contributed by atoms with Crippen LogP contribution in [0.2, 0.25) is 0 Å². The number of thioether (sulfide) groups is 1. The highest BCUT2D eigenvalue weighted by Crippen LogP contribution is 2.24. The molecule has 0 saturated carbocycles. The first kappa shape index (κ1) is 23.4. The van der Waals surface area contributed by atoms with Crippen LogP contribution in [0.15, 0.2) is 84.0 Å². The van der Waals surface area contributed by atoms with Crippen molar-refractivity contribution in [2.75, 3.05) is 12.3 Å². The fraction of sp³-hybridized carbons (Fsp3) is 0.154. The summed E-state index contributed by atoms with van der Waals surface area (Å²) in [6, 6.07) is 23.5. The standard InChI is InChI=1S/C26H23FN4O2S/c1-18(32)28-16-15-25-29-30-26(31(25)23-13-11-22(27)12-14-23)34-17-24(33)21-9-7-20(8-10-21)19-5-3-2-4-6-19/h2-14H,15-17H2,1H3,(H,28,32). The van der Waals surface area contributed by atoms with Crippen LogP contribution in [0.4, 0.5) is 4.39 Å². The SMILES string of the molecule is CC(=O)NCCc1nnc(SCC(=O)c2ccc(-c3ccccc3)cc2)n1-c1ccc(F)cc1. The van der Waals surface area contributed by atoms with Gasteiger partial charge in [0, 0.05) is 31.1 Å². The molecule has 0 spiro atoms. The molecule has 0 aliphatic rings. The number of hydrogen-bond acceptors (Lipinski definition) is 5. The van der Waals surface area contributed by atoms with E-state index in [0.29, 0.717) is 35.2 Å². The number of nitrogens with one attached hydrogen (secondary N) is 1. The van der Waals surface area contributed by atoms with E-state index in [1.165, 1.54) is 30.8 Å². The summed E-state index contributed by atoms with van der Waals surface area (Å²) in [5.41, 5.74) is 3.44. The van der Waals surface area contributed by atoms with Gasteiger partial charge in [-0.05, 0) is 35.4 Å². The van der Waals surface area contributed by atoms with E-state index in [-0.39, 0.29) is 23.3 Å². The predicted molar refractivity (Wildman–Crippen MR) is 131 cm³/mol. The first-order chi connectivity index (χ1) is 16.5. The van der Waals surface area contributed by atoms with Crippen molar-refractivity contribution >= 4 is 23.5 Å². The normalized spacial score (nSPS) is 10.8. The highest BCUT2D eigenvalue weighted by molar-refractivity contribution is 7.99. The van der Waals surface area contributed by atoms with Crippen LogP contribution in [0.3, 0.4) is 0 Å². The summed E-state index contributed by atoms with van der Waals surface area (Å²) in [6.45, 7) is 1.84. The fourth-order valence-corrected chi connectivity index (χ4v) is 4.31. The van der Waals surface area contributed by atoms with Crippen LogP contribution in [-0.4, -0.2) is 38.8 Å². The summed E-state index contributed by atoms with van der Waals surface area (Å²) >= 11 is 1.27. The lowest BCUT2D eigenvalue weighted by molar-refractivity contribution is -0.118. The maximum atomic E-state index is 13.5. The first-order valence-electron chi connectivity index (χ1n) is 10.8. The number of amides is 1. The van der Waals surface area contributed by atoms with Crippen molar-refractivity contribution in [2.24, 2.45) is 0 Å². The van der Waals surface area contributed by atoms with E-state index in [0.717, 1.165) is 11.1 Å². The maximum Gasteiger partial charge on any atom is 0.216 e. The molecule has 0 atom stereocenters. The molecule has 1 amide bonds. The number of halogens is 1. The van der Waals surface area contributed by atoms with Gasteiger partial charge < -0.3 is 5.32 Å². The van der Waals surface area contributed by atoms with E-state index in [1.54, 1.807) is 16.7 Å². The van der Waals surface area contributed by atoms with Gasteiger partial charge in [-0.2, -0.15) is 0 Å². The molecule has 172 valence electrons. The maximum absolute atomic E-state index is 13.5. The lowest BCUT2D eigenvalue weighted by atomic mass is 10.0. The Hall–Kier alpha value is -3.78. The van der Waals surface area contributed by atoms with Gasteiger partial charge in [-0.25, -0.2) is 4.39 Å². The van der Waals surface area contributed by atoms with Crippen LogP contribution in [0.25, 0.3) is 16.8 Å². The number of carbonyl (C=O) groups excluding carboxylic acids is 2. The monoisotopic (exact) mass is 474 g/mol. The van der Waals surface area contributed by atoms with Crippen LogP contribution >= 0.6 is 11.8 Å². The van der Waals surface area contributed by atoms with Crippen LogP contribution in [-0.2, 0) is 11.2 Å². The average molecular weight is 475 g/mol. The first-order valence-corrected chi connectivity index (χ1v) is 11.8. The summed E-state index contributed by atoms with van der Waals surface area (Å²) in [5, 5.41) is 11.8. The van der Waals surface area contributed by atoms with Crippen LogP contribution in [0.1, 0.15) is 23.1 Å². The second-order valence-electron chi connectivity index (χ2n) is 7.60. The Bertz CT molecular complexity index is 1270. The van der Waals surface area contributed by atoms with E-state index in [9.17, 15) is 14.0 Å². The molecule has 0 unspecified atom stereocenters. The van der Waals surface area contributed by atoms with E-state index >= 15 is 0 Å². The summed E-state index contributed by atoms with van der Waals surface area (Å²) in [6.07, 6.45) is 0.444. The fourth-order valence-electron chi connectivity index (χ4n) is 3.45. The van der Waals surface area contributed by atoms with Gasteiger partial charge in [0.25, 0.3) is 0 Å². The molecule has 4 aromatic rings. The number of aromatic nitrogens is 3. The van der Waals surface area contributed by atoms with Gasteiger partial charge in [-0.3, -0.25) is 14.2 Å². The molecule has 8 heteroatoms. The van der Waals surface area contributed by atoms with Gasteiger partial charge in [0.2, 0.25) is 5.91 Å². The Balaban J connectivity index is 1.49. The van der Waals surface area contributed by atoms with E-state index < -0.39 is 0 Å². The lowest BCUT2D eigenvalue weighted by Crippen LogP contribution is -2.23. The Labute approximate surface area is 201 Å². The van der Waals surface area contributed by atoms with E-state index in [2.05, 4.69) is 15.5 Å². The molecule has 1 N–H and O–H groups in total. The number of ketones is 1. The Morgan fingerprint density at radius 2 is 1.59 bits per heavy atom. The van der Waals surface area contributed by atoms with Crippen LogP contribution in [0, 0.1) is 5.82 Å². The van der Waals surface area contributed by atoms with Gasteiger partial charge in [-0.1, -0.05) is 66.4 Å². The predicted octanol–water partition coefficient (Wildman–Crippen LogP) is 4.73. The van der Waals surface area contributed by atoms with Gasteiger partial charge in [-0.15, -0.1) is 10.2 Å². The molecule has 0 aliphatic carbocycles. The molecular formula is C26H23FN4O2S. The number of nitrogens with zero attached hydrogens (tertiary/aromatic N) is 3. The minimum atomic E-state index is -0.347. The highest BCUT2D eigenvalue weighted by Gasteiger charge is 2.17. The number of benzene rings is 3. The highest BCUT2D eigenvalue weighted by atomic mass is 32.2. The number of carbonyl (C=O) groups is 2. The largest absolute Gasteiger partial charge is 0.356 e. The van der Waals surface area contributed by atoms with Crippen molar-refractivity contribution in [1.82, 2.24) is 20.1 Å². The molecule has 4 rings (SSSR count). The molecule has 6 nitrogen and oxygen atoms in total. The zero-order chi connectivity index (χ0) is 23.9. The Kier molecular flexibility index (Phi) is 7.49. The van der Waals surface area contributed by atoms with Gasteiger partial charge in [0.1, 0.15) is 11.6 Å². The summed E-state index contributed by atoms with van der Waals surface area (Å²) in [5.74, 6) is 0.280. The molecule has 1 heterocycles. The number of Topliss-reactive ketones (excluding diaryl/α,β-unsaturated/α-hetero) is 1. The van der Waals surface area contributed by atoms with Crippen molar-refractivity contribution in [3.63, 3.8) is 0 Å². The third-order valence-electron chi connectivity index (χ3n) is 5.15. The second kappa shape index (κ2) is 10.9. The molecular weight excluding hydrogens is 451 g/mol. The molecule has 0 radical (unpaired) electrons. The Morgan fingerprint density at radius 1 is 0.912 bits per heavy atom. The quantitative estimate of drug-likeness (QED) is 0.280. The van der Waals surface area contributed by atoms with Crippen LogP contribution < -0.4 is 5.32 Å². The zero-order valence-electron chi connectivity index (χ0n) is 18.6. The minimum absolute atomic E-state index is 0.0296. The Morgan fingerprint density at radius 3 is 2.26 bits per heavy atom. The van der Waals surface area contributed by atoms with Gasteiger partial charge in [0.05, 0.1) is 5.75 Å². The molecule has 0 fully saturated rings. The molecule has 0 aliphatic heterocycles. The lowest BCUT2D eigenvalue weighted by Gasteiger charge is -2.10. The zero-order valence-corrected chi connectivity index (χ0v) is 19.4. The molecule has 1 aromatic heterocycles. The molecule has 34 heavy (non-hydrogen) atoms. The third-order valence-corrected chi connectivity index (χ3v) is 6.08. The molecule has 0 bridgehead atoms. The summed E-state index contributed by atoms with van der Waals surface area (Å²) < 4.78 is 15.3. The number of rotatable bonds is 9. The van der Waals surface area contributed by atoms with E-state index in [4.69, 9.17) is 0 Å². The van der Waals surface area contributed by atoms with Gasteiger partial charge in [0.15, 0.2) is 10.9 Å². The van der Waals surface area contributed by atoms with Crippen molar-refractivity contribution in [2.45, 2.75) is 18.5 Å². The average Bonchev–Trinajstić information content (AvgIpc) is 3.26. The topological polar surface area (TPSA) is 76.9 Å². The van der Waals surface area contributed by atoms with Crippen molar-refractivity contribution < 1.29 is 14.0 Å². The van der Waals surface area contributed by atoms with E-state index in [1.807, 2.05) is 54.6 Å². The third kappa shape index (κ3) is 5.77. The van der Waals surface area contributed by atoms with Crippen molar-refractivity contribution in [3.05, 3.63) is 96.1 Å². The molecule has 0 saturated heterocycles. The molecule has 3 aromatic carbocycles. The van der Waals surface area contributed by atoms with Crippen LogP contribution in [0.5, 0.6) is 0 Å². The second-order valence-corrected chi connectivity index (χ2v) is 8.54. The minimum Gasteiger partial charge on any atom is -0.356 e. The smallest absolute Gasteiger partial charge is 0.216 e. The summed E-state index contributed by atoms with van der Waals surface area (Å²) in [7, 11) is 0. The van der Waals surface area contributed by atoms with Crippen molar-refractivity contribution in [3.8, 4) is 16.8 Å².